The van der Waals surface area contributed by atoms with Gasteiger partial charge in [-0.05, 0) is 60.7 Å². The van der Waals surface area contributed by atoms with E-state index in [1.54, 1.807) is 73.8 Å². The van der Waals surface area contributed by atoms with Crippen LogP contribution in [-0.2, 0) is 0 Å². The van der Waals surface area contributed by atoms with E-state index in [-0.39, 0.29) is 0 Å². The van der Waals surface area contributed by atoms with Crippen LogP contribution in [0.25, 0.3) is 32.3 Å². The Labute approximate surface area is 250 Å². The lowest BCUT2D eigenvalue weighted by molar-refractivity contribution is 0.639. The van der Waals surface area contributed by atoms with E-state index in [4.69, 9.17) is 0 Å². The van der Waals surface area contributed by atoms with Gasteiger partial charge in [-0.25, -0.2) is 8.78 Å². The molecule has 0 saturated heterocycles. The van der Waals surface area contributed by atoms with Crippen LogP contribution in [-0.4, -0.2) is 19.9 Å². The second-order valence-corrected chi connectivity index (χ2v) is 10.3. The highest BCUT2D eigenvalue weighted by molar-refractivity contribution is 6.28. The number of halogens is 2. The number of pyridine rings is 4. The molecule has 0 amide bonds. The Kier molecular flexibility index (Phi) is 6.04. The number of aromatic nitrogens is 4. The van der Waals surface area contributed by atoms with E-state index in [2.05, 4.69) is 19.9 Å². The van der Waals surface area contributed by atoms with Crippen LogP contribution in [0, 0.1) is 11.6 Å². The molecule has 0 aliphatic heterocycles. The molecule has 4 aromatic carbocycles. The molecule has 4 heterocycles. The van der Waals surface area contributed by atoms with Crippen molar-refractivity contribution in [1.29, 1.82) is 0 Å². The summed E-state index contributed by atoms with van der Waals surface area (Å²) in [6.07, 6.45) is 13.6. The van der Waals surface area contributed by atoms with Gasteiger partial charge in [-0.2, -0.15) is 0 Å². The fourth-order valence-electron chi connectivity index (χ4n) is 6.07. The molecular weight excluding hydrogens is 554 g/mol. The predicted octanol–water partition coefficient (Wildman–Crippen LogP) is 9.38. The van der Waals surface area contributed by atoms with Gasteiger partial charge in [0, 0.05) is 105 Å². The highest BCUT2D eigenvalue weighted by Crippen LogP contribution is 2.48. The van der Waals surface area contributed by atoms with Crippen LogP contribution in [0.4, 0.5) is 42.9 Å². The molecule has 0 fully saturated rings. The van der Waals surface area contributed by atoms with Crippen molar-refractivity contribution in [2.75, 3.05) is 9.80 Å². The third-order valence-electron chi connectivity index (χ3n) is 7.92. The Morgan fingerprint density at radius 3 is 0.932 bits per heavy atom. The topological polar surface area (TPSA) is 58.0 Å². The van der Waals surface area contributed by atoms with Crippen molar-refractivity contribution in [2.45, 2.75) is 0 Å². The SMILES string of the molecule is Fc1cc(N(c2ccncc2)c2ccncc2)c2ccc3c(F)cc(N(c4ccncc4)c4ccncc4)c4ccc1c2c34. The highest BCUT2D eigenvalue weighted by atomic mass is 19.1. The third kappa shape index (κ3) is 4.07. The van der Waals surface area contributed by atoms with E-state index in [0.29, 0.717) is 32.9 Å². The van der Waals surface area contributed by atoms with Crippen molar-refractivity contribution in [2.24, 2.45) is 0 Å². The lowest BCUT2D eigenvalue weighted by atomic mass is 9.91. The number of hydrogen-bond acceptors (Lipinski definition) is 6. The fourth-order valence-corrected chi connectivity index (χ4v) is 6.07. The Hall–Kier alpha value is -6.02. The van der Waals surface area contributed by atoms with Crippen molar-refractivity contribution in [1.82, 2.24) is 19.9 Å². The summed E-state index contributed by atoms with van der Waals surface area (Å²) in [4.78, 5) is 20.7. The molecule has 0 atom stereocenters. The van der Waals surface area contributed by atoms with Crippen LogP contribution in [0.2, 0.25) is 0 Å². The van der Waals surface area contributed by atoms with Crippen molar-refractivity contribution >= 4 is 66.4 Å². The average Bonchev–Trinajstić information content (AvgIpc) is 3.08. The van der Waals surface area contributed by atoms with Gasteiger partial charge in [-0.3, -0.25) is 19.9 Å². The molecule has 8 heteroatoms. The Balaban J connectivity index is 1.47. The summed E-state index contributed by atoms with van der Waals surface area (Å²) in [5, 5.41) is 3.69. The van der Waals surface area contributed by atoms with Gasteiger partial charge < -0.3 is 9.80 Å². The third-order valence-corrected chi connectivity index (χ3v) is 7.92. The van der Waals surface area contributed by atoms with Gasteiger partial charge in [0.1, 0.15) is 11.6 Å². The quantitative estimate of drug-likeness (QED) is 0.184. The zero-order valence-electron chi connectivity index (χ0n) is 23.1. The molecule has 0 bridgehead atoms. The minimum atomic E-state index is -0.402. The number of rotatable bonds is 6. The number of nitrogens with zero attached hydrogens (tertiary/aromatic N) is 6. The van der Waals surface area contributed by atoms with Gasteiger partial charge in [-0.1, -0.05) is 24.3 Å². The van der Waals surface area contributed by atoms with Gasteiger partial charge in [0.05, 0.1) is 11.4 Å². The summed E-state index contributed by atoms with van der Waals surface area (Å²) < 4.78 is 32.4. The monoisotopic (exact) mass is 576 g/mol. The molecule has 44 heavy (non-hydrogen) atoms. The van der Waals surface area contributed by atoms with E-state index < -0.39 is 11.6 Å². The minimum Gasteiger partial charge on any atom is -0.310 e. The summed E-state index contributed by atoms with van der Waals surface area (Å²) in [5.74, 6) is -0.804. The summed E-state index contributed by atoms with van der Waals surface area (Å²) in [5.41, 5.74) is 4.44. The molecule has 0 saturated carbocycles. The molecule has 0 radical (unpaired) electrons. The second kappa shape index (κ2) is 10.4. The van der Waals surface area contributed by atoms with E-state index in [1.165, 1.54) is 0 Å². The molecule has 8 aromatic rings. The molecule has 0 N–H and O–H groups in total. The van der Waals surface area contributed by atoms with Crippen molar-refractivity contribution in [3.05, 3.63) is 146 Å². The molecule has 8 rings (SSSR count). The van der Waals surface area contributed by atoms with Gasteiger partial charge in [0.25, 0.3) is 0 Å². The van der Waals surface area contributed by atoms with E-state index in [0.717, 1.165) is 33.5 Å². The minimum absolute atomic E-state index is 0.402. The lowest BCUT2D eigenvalue weighted by Gasteiger charge is -2.29. The Morgan fingerprint density at radius 1 is 0.364 bits per heavy atom. The summed E-state index contributed by atoms with van der Waals surface area (Å²) >= 11 is 0. The zero-order chi connectivity index (χ0) is 29.6. The van der Waals surface area contributed by atoms with Crippen LogP contribution >= 0.6 is 0 Å². The van der Waals surface area contributed by atoms with Gasteiger partial charge in [-0.15, -0.1) is 0 Å². The molecule has 0 aliphatic rings. The molecule has 4 aromatic heterocycles. The molecule has 210 valence electrons. The normalized spacial score (nSPS) is 11.4. The first-order valence-corrected chi connectivity index (χ1v) is 14.0. The van der Waals surface area contributed by atoms with Crippen LogP contribution in [0.15, 0.2) is 135 Å². The lowest BCUT2D eigenvalue weighted by Crippen LogP contribution is -2.12. The maximum absolute atomic E-state index is 16.2. The Morgan fingerprint density at radius 2 is 0.636 bits per heavy atom. The molecule has 6 nitrogen and oxygen atoms in total. The van der Waals surface area contributed by atoms with Gasteiger partial charge in [0.2, 0.25) is 0 Å². The van der Waals surface area contributed by atoms with Gasteiger partial charge >= 0.3 is 0 Å². The largest absolute Gasteiger partial charge is 0.310 e. The van der Waals surface area contributed by atoms with Crippen LogP contribution in [0.1, 0.15) is 0 Å². The average molecular weight is 577 g/mol. The first-order chi connectivity index (χ1) is 21.7. The summed E-state index contributed by atoms with van der Waals surface area (Å²) in [7, 11) is 0. The fraction of sp³-hybridized carbons (Fsp3) is 0. The molecule has 0 unspecified atom stereocenters. The highest BCUT2D eigenvalue weighted by Gasteiger charge is 2.24. The smallest absolute Gasteiger partial charge is 0.133 e. The molecular formula is C36H22F2N6. The van der Waals surface area contributed by atoms with Crippen LogP contribution in [0.3, 0.4) is 0 Å². The standard InChI is InChI=1S/C36H22F2N6/c37-31-21-34(44(25-9-17-41-18-10-25)26-11-19-42-20-12-26)30-4-2-28-32(38)22-33(29-3-1-27(31)35(30)36(28)29)43(23-5-13-39-14-6-23)24-7-15-40-16-8-24/h1-22H. The maximum Gasteiger partial charge on any atom is 0.133 e. The molecule has 0 aliphatic carbocycles. The van der Waals surface area contributed by atoms with Crippen LogP contribution in [0.5, 0.6) is 0 Å². The van der Waals surface area contributed by atoms with E-state index in [1.807, 2.05) is 70.5 Å². The maximum atomic E-state index is 16.2. The number of anilines is 6. The first kappa shape index (κ1) is 25.7. The summed E-state index contributed by atoms with van der Waals surface area (Å²) in [6, 6.07) is 25.4. The predicted molar refractivity (Wildman–Crippen MR) is 171 cm³/mol. The number of hydrogen-bond donors (Lipinski definition) is 0. The van der Waals surface area contributed by atoms with E-state index in [9.17, 15) is 0 Å². The number of benzene rings is 4. The zero-order valence-corrected chi connectivity index (χ0v) is 23.1. The van der Waals surface area contributed by atoms with Gasteiger partial charge in [0.15, 0.2) is 0 Å². The van der Waals surface area contributed by atoms with Crippen LogP contribution < -0.4 is 9.80 Å². The van der Waals surface area contributed by atoms with Crippen molar-refractivity contribution in [3.63, 3.8) is 0 Å². The molecule has 0 spiro atoms. The van der Waals surface area contributed by atoms with E-state index >= 15 is 8.78 Å². The second-order valence-electron chi connectivity index (χ2n) is 10.3. The summed E-state index contributed by atoms with van der Waals surface area (Å²) in [6.45, 7) is 0. The van der Waals surface area contributed by atoms with Crippen molar-refractivity contribution < 1.29 is 8.78 Å². The Bertz CT molecular complexity index is 2010. The van der Waals surface area contributed by atoms with Crippen molar-refractivity contribution in [3.8, 4) is 0 Å². The first-order valence-electron chi connectivity index (χ1n) is 14.0.